The Balaban J connectivity index is 1.70. The fourth-order valence-electron chi connectivity index (χ4n) is 2.47. The highest BCUT2D eigenvalue weighted by atomic mass is 32.1. The van der Waals surface area contributed by atoms with Gasteiger partial charge in [-0.1, -0.05) is 0 Å². The Morgan fingerprint density at radius 1 is 1.40 bits per heavy atom. The first-order valence-corrected chi connectivity index (χ1v) is 7.62. The number of β-amino-alcohol motifs (C(OH)–C–C–N with tert-alkyl or cyclic N) is 1. The van der Waals surface area contributed by atoms with Crippen LogP contribution >= 0.6 is 11.3 Å². The Morgan fingerprint density at radius 2 is 2.15 bits per heavy atom. The first-order chi connectivity index (χ1) is 9.69. The molecule has 3 heterocycles. The van der Waals surface area contributed by atoms with E-state index in [1.807, 2.05) is 27.8 Å². The minimum atomic E-state index is 0.00366. The van der Waals surface area contributed by atoms with Gasteiger partial charge in [-0.15, -0.1) is 11.3 Å². The molecule has 1 saturated heterocycles. The maximum absolute atomic E-state index is 12.4. The molecule has 1 N–H and O–H groups in total. The number of carbonyl (C=O) groups excluding carboxylic acids is 1. The summed E-state index contributed by atoms with van der Waals surface area (Å²) in [5, 5.41) is 11.0. The molecule has 0 atom stereocenters. The predicted octanol–water partition coefficient (Wildman–Crippen LogP) is 0.454. The van der Waals surface area contributed by atoms with Gasteiger partial charge in [0.2, 0.25) is 0 Å². The Morgan fingerprint density at radius 3 is 2.80 bits per heavy atom. The van der Waals surface area contributed by atoms with Gasteiger partial charge in [0.25, 0.3) is 5.91 Å². The molecule has 1 amide bonds. The normalized spacial score (nSPS) is 17.0. The molecule has 20 heavy (non-hydrogen) atoms. The van der Waals surface area contributed by atoms with Crippen molar-refractivity contribution in [1.29, 1.82) is 0 Å². The summed E-state index contributed by atoms with van der Waals surface area (Å²) in [6, 6.07) is 0. The molecule has 0 saturated carbocycles. The number of hydrogen-bond acceptors (Lipinski definition) is 5. The van der Waals surface area contributed by atoms with Gasteiger partial charge in [-0.3, -0.25) is 14.1 Å². The summed E-state index contributed by atoms with van der Waals surface area (Å²) in [4.78, 5) is 21.7. The van der Waals surface area contributed by atoms with Gasteiger partial charge in [-0.05, 0) is 6.92 Å². The zero-order valence-corrected chi connectivity index (χ0v) is 12.3. The van der Waals surface area contributed by atoms with E-state index in [-0.39, 0.29) is 12.5 Å². The number of aryl methyl sites for hydroxylation is 1. The summed E-state index contributed by atoms with van der Waals surface area (Å²) in [5.41, 5.74) is 1.62. The van der Waals surface area contributed by atoms with Gasteiger partial charge in [-0.2, -0.15) is 0 Å². The van der Waals surface area contributed by atoms with Gasteiger partial charge in [0.15, 0.2) is 4.96 Å². The second kappa shape index (κ2) is 5.51. The molecule has 1 fully saturated rings. The third-order valence-electron chi connectivity index (χ3n) is 3.68. The van der Waals surface area contributed by atoms with Crippen LogP contribution in [0.15, 0.2) is 11.6 Å². The Bertz CT molecular complexity index is 613. The quantitative estimate of drug-likeness (QED) is 0.893. The number of carbonyl (C=O) groups is 1. The number of piperazine rings is 1. The number of fused-ring (bicyclic) bond motifs is 1. The van der Waals surface area contributed by atoms with Crippen molar-refractivity contribution in [2.24, 2.45) is 0 Å². The molecule has 0 radical (unpaired) electrons. The number of amides is 1. The Hall–Kier alpha value is -1.44. The van der Waals surface area contributed by atoms with E-state index >= 15 is 0 Å². The highest BCUT2D eigenvalue weighted by molar-refractivity contribution is 7.15. The van der Waals surface area contributed by atoms with Gasteiger partial charge >= 0.3 is 0 Å². The molecule has 0 unspecified atom stereocenters. The molecule has 2 aromatic rings. The van der Waals surface area contributed by atoms with Crippen molar-refractivity contribution < 1.29 is 9.90 Å². The number of hydrogen-bond donors (Lipinski definition) is 1. The van der Waals surface area contributed by atoms with Gasteiger partial charge in [0.1, 0.15) is 5.69 Å². The van der Waals surface area contributed by atoms with Crippen LogP contribution in [0.2, 0.25) is 0 Å². The third kappa shape index (κ3) is 2.44. The molecule has 6 nitrogen and oxygen atoms in total. The average molecular weight is 294 g/mol. The molecule has 1 aliphatic rings. The lowest BCUT2D eigenvalue weighted by atomic mass is 10.3. The summed E-state index contributed by atoms with van der Waals surface area (Å²) < 4.78 is 1.96. The number of rotatable bonds is 3. The minimum absolute atomic E-state index is 0.00366. The summed E-state index contributed by atoms with van der Waals surface area (Å²) in [5.74, 6) is 0.00366. The summed E-state index contributed by atoms with van der Waals surface area (Å²) >= 11 is 1.55. The molecule has 0 aliphatic carbocycles. The van der Waals surface area contributed by atoms with Crippen molar-refractivity contribution in [3.8, 4) is 0 Å². The van der Waals surface area contributed by atoms with Gasteiger partial charge < -0.3 is 10.0 Å². The zero-order chi connectivity index (χ0) is 14.1. The molecule has 0 spiro atoms. The van der Waals surface area contributed by atoms with Crippen molar-refractivity contribution in [2.75, 3.05) is 39.3 Å². The molecule has 0 aromatic carbocycles. The molecular weight excluding hydrogens is 276 g/mol. The van der Waals surface area contributed by atoms with E-state index in [2.05, 4.69) is 9.88 Å². The van der Waals surface area contributed by atoms with Crippen LogP contribution in [0.4, 0.5) is 0 Å². The van der Waals surface area contributed by atoms with Crippen molar-refractivity contribution in [1.82, 2.24) is 19.2 Å². The Kier molecular flexibility index (Phi) is 3.73. The standard InChI is InChI=1S/C13H18N4O2S/c1-10-9-20-13-14-11(8-17(10)13)12(19)16-4-2-15(3-5-16)6-7-18/h8-9,18H,2-7H2,1H3. The summed E-state index contributed by atoms with van der Waals surface area (Å²) in [6.45, 7) is 5.88. The van der Waals surface area contributed by atoms with Crippen LogP contribution in [0.25, 0.3) is 4.96 Å². The number of aliphatic hydroxyl groups excluding tert-OH is 1. The van der Waals surface area contributed by atoms with E-state index in [1.54, 1.807) is 11.3 Å². The molecule has 2 aromatic heterocycles. The summed E-state index contributed by atoms with van der Waals surface area (Å²) in [7, 11) is 0. The van der Waals surface area contributed by atoms with E-state index in [1.165, 1.54) is 0 Å². The molecule has 0 bridgehead atoms. The van der Waals surface area contributed by atoms with Crippen molar-refractivity contribution in [3.63, 3.8) is 0 Å². The fourth-order valence-corrected chi connectivity index (χ4v) is 3.33. The van der Waals surface area contributed by atoms with Crippen LogP contribution in [0, 0.1) is 6.92 Å². The molecule has 7 heteroatoms. The highest BCUT2D eigenvalue weighted by Gasteiger charge is 2.24. The van der Waals surface area contributed by atoms with Crippen LogP contribution < -0.4 is 0 Å². The lowest BCUT2D eigenvalue weighted by Gasteiger charge is -2.33. The number of aliphatic hydroxyl groups is 1. The van der Waals surface area contributed by atoms with Crippen molar-refractivity contribution in [3.05, 3.63) is 23.0 Å². The first-order valence-electron chi connectivity index (χ1n) is 6.74. The second-order valence-corrected chi connectivity index (χ2v) is 5.85. The van der Waals surface area contributed by atoms with E-state index in [9.17, 15) is 4.79 Å². The molecule has 1 aliphatic heterocycles. The smallest absolute Gasteiger partial charge is 0.274 e. The number of nitrogens with zero attached hydrogens (tertiary/aromatic N) is 4. The van der Waals surface area contributed by atoms with Crippen LogP contribution in [-0.2, 0) is 0 Å². The average Bonchev–Trinajstić information content (AvgIpc) is 3.02. The van der Waals surface area contributed by atoms with Crippen LogP contribution in [0.3, 0.4) is 0 Å². The lowest BCUT2D eigenvalue weighted by molar-refractivity contribution is 0.0610. The van der Waals surface area contributed by atoms with Crippen molar-refractivity contribution in [2.45, 2.75) is 6.92 Å². The number of thiazole rings is 1. The van der Waals surface area contributed by atoms with Crippen LogP contribution in [-0.4, -0.2) is 69.5 Å². The third-order valence-corrected chi connectivity index (χ3v) is 4.64. The van der Waals surface area contributed by atoms with E-state index < -0.39 is 0 Å². The SMILES string of the molecule is Cc1csc2nc(C(=O)N3CCN(CCO)CC3)cn12. The van der Waals surface area contributed by atoms with Gasteiger partial charge in [-0.25, -0.2) is 4.98 Å². The fraction of sp³-hybridized carbons (Fsp3) is 0.538. The second-order valence-electron chi connectivity index (χ2n) is 5.01. The highest BCUT2D eigenvalue weighted by Crippen LogP contribution is 2.17. The van der Waals surface area contributed by atoms with Crippen LogP contribution in [0.1, 0.15) is 16.2 Å². The zero-order valence-electron chi connectivity index (χ0n) is 11.4. The lowest BCUT2D eigenvalue weighted by Crippen LogP contribution is -2.49. The van der Waals surface area contributed by atoms with Gasteiger partial charge in [0.05, 0.1) is 6.61 Å². The maximum Gasteiger partial charge on any atom is 0.274 e. The Labute approximate surface area is 121 Å². The molecule has 3 rings (SSSR count). The number of imidazole rings is 1. The van der Waals surface area contributed by atoms with E-state index in [0.29, 0.717) is 25.3 Å². The maximum atomic E-state index is 12.4. The van der Waals surface area contributed by atoms with Gasteiger partial charge in [0, 0.05) is 50.0 Å². The van der Waals surface area contributed by atoms with E-state index in [4.69, 9.17) is 5.11 Å². The minimum Gasteiger partial charge on any atom is -0.395 e. The first kappa shape index (κ1) is 13.5. The topological polar surface area (TPSA) is 61.1 Å². The van der Waals surface area contributed by atoms with Crippen LogP contribution in [0.5, 0.6) is 0 Å². The number of aromatic nitrogens is 2. The largest absolute Gasteiger partial charge is 0.395 e. The summed E-state index contributed by atoms with van der Waals surface area (Å²) in [6.07, 6.45) is 1.82. The van der Waals surface area contributed by atoms with E-state index in [0.717, 1.165) is 23.7 Å². The predicted molar refractivity (Wildman–Crippen MR) is 77.2 cm³/mol. The van der Waals surface area contributed by atoms with Crippen molar-refractivity contribution >= 4 is 22.2 Å². The molecule has 108 valence electrons. The molecular formula is C13H18N4O2S. The monoisotopic (exact) mass is 294 g/mol.